The van der Waals surface area contributed by atoms with Gasteiger partial charge in [0.2, 0.25) is 5.69 Å². The molecule has 0 fully saturated rings. The Balaban J connectivity index is 1.25. The highest BCUT2D eigenvalue weighted by Crippen LogP contribution is 2.55. The summed E-state index contributed by atoms with van der Waals surface area (Å²) in [7, 11) is 0. The molecule has 0 radical (unpaired) electrons. The van der Waals surface area contributed by atoms with Crippen LogP contribution in [0.25, 0.3) is 144 Å². The van der Waals surface area contributed by atoms with Crippen molar-refractivity contribution in [3.05, 3.63) is 199 Å². The van der Waals surface area contributed by atoms with Crippen LogP contribution < -0.4 is 0 Å². The molecule has 0 spiro atoms. The van der Waals surface area contributed by atoms with E-state index >= 15 is 0 Å². The van der Waals surface area contributed by atoms with Crippen LogP contribution in [0.4, 0.5) is 5.69 Å². The van der Waals surface area contributed by atoms with Gasteiger partial charge in [-0.05, 0) is 46.8 Å². The molecule has 0 bridgehead atoms. The fourth-order valence-electron chi connectivity index (χ4n) is 11.4. The van der Waals surface area contributed by atoms with Gasteiger partial charge in [-0.3, -0.25) is 0 Å². The van der Waals surface area contributed by atoms with Crippen LogP contribution in [0.5, 0.6) is 0 Å². The Morgan fingerprint density at radius 2 is 1.06 bits per heavy atom. The maximum absolute atomic E-state index is 12.1. The number of thiophene rings is 2. The molecule has 5 heterocycles. The highest BCUT2D eigenvalue weighted by molar-refractivity contribution is 7.27. The molecule has 0 amide bonds. The maximum Gasteiger partial charge on any atom is 0.220 e. The van der Waals surface area contributed by atoms with Crippen LogP contribution in [0.2, 0.25) is 0 Å². The van der Waals surface area contributed by atoms with Gasteiger partial charge in [-0.15, -0.1) is 22.7 Å². The Morgan fingerprint density at radius 3 is 1.76 bits per heavy atom. The van der Waals surface area contributed by atoms with Gasteiger partial charge in [0.1, 0.15) is 12.4 Å². The van der Waals surface area contributed by atoms with Gasteiger partial charge in [0.15, 0.2) is 0 Å². The van der Waals surface area contributed by atoms with Crippen molar-refractivity contribution < 1.29 is 0 Å². The first-order valence-corrected chi connectivity index (χ1v) is 24.0. The first kappa shape index (κ1) is 37.3. The Morgan fingerprint density at radius 1 is 0.485 bits per heavy atom. The number of fused-ring (bicyclic) bond motifs is 14. The molecule has 5 aromatic heterocycles. The van der Waals surface area contributed by atoms with E-state index in [0.717, 1.165) is 92.4 Å². The molecule has 0 aliphatic rings. The van der Waals surface area contributed by atoms with Crippen molar-refractivity contribution in [1.82, 2.24) is 19.1 Å². The number of rotatable bonds is 4. The number of hydrogen-bond acceptors (Lipinski definition) is 5. The van der Waals surface area contributed by atoms with Crippen LogP contribution >= 0.6 is 22.7 Å². The van der Waals surface area contributed by atoms with Crippen molar-refractivity contribution in [2.24, 2.45) is 0 Å². The summed E-state index contributed by atoms with van der Waals surface area (Å²) in [5.41, 5.74) is 10.2. The van der Waals surface area contributed by atoms with Crippen molar-refractivity contribution in [3.8, 4) is 39.7 Å². The van der Waals surface area contributed by atoms with Gasteiger partial charge in [0.05, 0.1) is 55.8 Å². The van der Waals surface area contributed by atoms with E-state index in [9.17, 15) is 11.8 Å². The summed E-state index contributed by atoms with van der Waals surface area (Å²) < 4.78 is 9.47. The summed E-state index contributed by atoms with van der Waals surface area (Å²) >= 11 is 3.61. The molecule has 15 aromatic rings. The quantitative estimate of drug-likeness (QED) is 0.131. The fraction of sp³-hybridized carbons (Fsp3) is 0. The maximum atomic E-state index is 12.1. The lowest BCUT2D eigenvalue weighted by atomic mass is 9.88. The minimum absolute atomic E-state index is 0.404. The summed E-state index contributed by atoms with van der Waals surface area (Å²) in [6, 6.07) is 62.5. The van der Waals surface area contributed by atoms with E-state index in [-0.39, 0.29) is 0 Å². The van der Waals surface area contributed by atoms with E-state index in [1.807, 2.05) is 53.9 Å². The minimum Gasteiger partial charge on any atom is -0.318 e. The second-order valence-corrected chi connectivity index (χ2v) is 19.5. The smallest absolute Gasteiger partial charge is 0.220 e. The van der Waals surface area contributed by atoms with Crippen molar-refractivity contribution >= 4 is 134 Å². The summed E-state index contributed by atoms with van der Waals surface area (Å²) in [5, 5.41) is 24.3. The largest absolute Gasteiger partial charge is 0.318 e. The first-order chi connectivity index (χ1) is 33.7. The lowest BCUT2D eigenvalue weighted by Gasteiger charge is -2.25. The Kier molecular flexibility index (Phi) is 7.58. The Labute approximate surface area is 395 Å². The van der Waals surface area contributed by atoms with Crippen LogP contribution in [0.1, 0.15) is 5.56 Å². The number of nitrogens with zero attached hydrogens (tertiary/aromatic N) is 6. The van der Waals surface area contributed by atoms with Gasteiger partial charge in [0.25, 0.3) is 0 Å². The molecule has 15 rings (SSSR count). The van der Waals surface area contributed by atoms with Crippen molar-refractivity contribution in [2.45, 2.75) is 0 Å². The first-order valence-electron chi connectivity index (χ1n) is 22.4. The third kappa shape index (κ3) is 4.77. The van der Waals surface area contributed by atoms with Crippen LogP contribution in [0, 0.1) is 17.9 Å². The average Bonchev–Trinajstić information content (AvgIpc) is 4.16. The minimum atomic E-state index is 0.404. The van der Waals surface area contributed by atoms with Gasteiger partial charge in [0, 0.05) is 85.3 Å². The summed E-state index contributed by atoms with van der Waals surface area (Å²) in [6.45, 7) is 9.33. The van der Waals surface area contributed by atoms with Crippen LogP contribution in [-0.2, 0) is 0 Å². The molecule has 0 N–H and O–H groups in total. The molecule has 312 valence electrons. The lowest BCUT2D eigenvalue weighted by molar-refractivity contribution is 1.14. The molecule has 10 aromatic carbocycles. The zero-order chi connectivity index (χ0) is 44.8. The van der Waals surface area contributed by atoms with E-state index in [1.54, 1.807) is 17.7 Å². The average molecular weight is 899 g/mol. The van der Waals surface area contributed by atoms with E-state index in [0.29, 0.717) is 22.5 Å². The van der Waals surface area contributed by atoms with Gasteiger partial charge >= 0.3 is 0 Å². The zero-order valence-electron chi connectivity index (χ0n) is 35.8. The van der Waals surface area contributed by atoms with Crippen molar-refractivity contribution in [2.75, 3.05) is 0 Å². The third-order valence-corrected chi connectivity index (χ3v) is 16.5. The number of hydrogen-bond donors (Lipinski definition) is 0. The summed E-state index contributed by atoms with van der Waals surface area (Å²) in [4.78, 5) is 13.9. The van der Waals surface area contributed by atoms with E-state index in [4.69, 9.17) is 4.98 Å². The lowest BCUT2D eigenvalue weighted by Crippen LogP contribution is -2.08. The molecule has 0 unspecified atom stereocenters. The molecular formula is C60H30N6S2. The number of aromatic nitrogens is 4. The fourth-order valence-corrected chi connectivity index (χ4v) is 13.9. The SMILES string of the molecule is [C-]#[N+]c1c(-c2ccccc2)c(C#N)c(-n2c3ccc4c5ccccc5sc4c3c3ccc4c5ccccc5sc4c32)c(-c2ccccc2)c1-n1c2cccc3c4cncnc4c4cccc1c4c32. The van der Waals surface area contributed by atoms with Gasteiger partial charge < -0.3 is 9.13 Å². The monoisotopic (exact) mass is 898 g/mol. The highest BCUT2D eigenvalue weighted by atomic mass is 32.1. The predicted octanol–water partition coefficient (Wildman–Crippen LogP) is 16.9. The highest BCUT2D eigenvalue weighted by Gasteiger charge is 2.33. The topological polar surface area (TPSA) is 63.8 Å². The van der Waals surface area contributed by atoms with Gasteiger partial charge in [-0.2, -0.15) is 5.26 Å². The number of benzene rings is 10. The zero-order valence-corrected chi connectivity index (χ0v) is 37.5. The number of nitriles is 1. The normalized spacial score (nSPS) is 12.1. The molecule has 8 heteroatoms. The standard InChI is InChI=1S/C60H30N6S2/c1-62-55-49(33-14-4-2-5-15-33)42(30-61)56(50(34-16-6-3-7-17-34)58(55)65-44-22-12-20-37-43-31-63-32-64-54(43)40-21-13-23-45(65)52(40)51(37)44)66-46-29-28-38-35-18-8-10-24-47(35)67-59(38)53(46)41-27-26-39-36-19-9-11-25-48(36)68-60(39)57(41)66/h2-29,31-32H. The van der Waals surface area contributed by atoms with E-state index in [2.05, 4.69) is 158 Å². The van der Waals surface area contributed by atoms with Crippen LogP contribution in [0.15, 0.2) is 182 Å². The molecule has 0 aliphatic heterocycles. The van der Waals surface area contributed by atoms with Crippen LogP contribution in [-0.4, -0.2) is 19.1 Å². The van der Waals surface area contributed by atoms with E-state index < -0.39 is 0 Å². The Hall–Kier alpha value is -8.92. The molecule has 0 saturated heterocycles. The van der Waals surface area contributed by atoms with Gasteiger partial charge in [-0.1, -0.05) is 140 Å². The molecule has 0 aliphatic carbocycles. The molecular weight excluding hydrogens is 869 g/mol. The molecule has 6 nitrogen and oxygen atoms in total. The molecule has 0 saturated carbocycles. The molecule has 68 heavy (non-hydrogen) atoms. The van der Waals surface area contributed by atoms with Crippen molar-refractivity contribution in [1.29, 1.82) is 5.26 Å². The van der Waals surface area contributed by atoms with Crippen molar-refractivity contribution in [3.63, 3.8) is 0 Å². The second-order valence-electron chi connectivity index (χ2n) is 17.4. The Bertz CT molecular complexity index is 4670. The van der Waals surface area contributed by atoms with Gasteiger partial charge in [-0.25, -0.2) is 14.8 Å². The second kappa shape index (κ2) is 13.8. The predicted molar refractivity (Wildman–Crippen MR) is 285 cm³/mol. The van der Waals surface area contributed by atoms with Crippen LogP contribution in [0.3, 0.4) is 0 Å². The third-order valence-electron chi connectivity index (χ3n) is 14.1. The molecule has 0 atom stereocenters. The summed E-state index contributed by atoms with van der Waals surface area (Å²) in [6.07, 6.45) is 3.53. The summed E-state index contributed by atoms with van der Waals surface area (Å²) in [5.74, 6) is 0. The van der Waals surface area contributed by atoms with E-state index in [1.165, 1.54) is 35.6 Å².